The van der Waals surface area contributed by atoms with Crippen LogP contribution in [0.5, 0.6) is 5.75 Å². The van der Waals surface area contributed by atoms with Gasteiger partial charge in [0, 0.05) is 0 Å². The monoisotopic (exact) mass is 390 g/mol. The summed E-state index contributed by atoms with van der Waals surface area (Å²) in [6, 6.07) is 11.8. The fourth-order valence-corrected chi connectivity index (χ4v) is 2.69. The Morgan fingerprint density at radius 2 is 1.54 bits per heavy atom. The lowest BCUT2D eigenvalue weighted by Gasteiger charge is -2.05. The predicted octanol–water partition coefficient (Wildman–Crippen LogP) is 6.39. The number of rotatable bonds is 11. The van der Waals surface area contributed by atoms with E-state index in [9.17, 15) is 13.2 Å². The fraction of sp³-hybridized carbons (Fsp3) is 0.364. The summed E-state index contributed by atoms with van der Waals surface area (Å²) in [5.41, 5.74) is 2.62. The molecule has 0 fully saturated rings. The molecule has 2 aromatic carbocycles. The average molecular weight is 390 g/mol. The van der Waals surface area contributed by atoms with E-state index in [0.717, 1.165) is 24.1 Å². The molecule has 28 heavy (non-hydrogen) atoms. The van der Waals surface area contributed by atoms with Crippen molar-refractivity contribution in [3.05, 3.63) is 65.0 Å². The van der Waals surface area contributed by atoms with Crippen LogP contribution in [0.2, 0.25) is 0 Å². The SMILES string of the molecule is CCCCCCCc1ccc(/C=N/N=C\c2ccc(OC(F)F)c(F)c2)cc1. The second kappa shape index (κ2) is 12.0. The molecule has 0 aliphatic rings. The molecule has 6 heteroatoms. The van der Waals surface area contributed by atoms with Crippen LogP contribution in [0.4, 0.5) is 13.2 Å². The minimum Gasteiger partial charge on any atom is -0.432 e. The average Bonchev–Trinajstić information content (AvgIpc) is 2.68. The summed E-state index contributed by atoms with van der Waals surface area (Å²) in [6.45, 7) is -0.851. The minimum absolute atomic E-state index is 0.398. The number of alkyl halides is 2. The second-order valence-corrected chi connectivity index (χ2v) is 6.46. The van der Waals surface area contributed by atoms with E-state index in [2.05, 4.69) is 34.0 Å². The van der Waals surface area contributed by atoms with Gasteiger partial charge in [0.15, 0.2) is 11.6 Å². The highest BCUT2D eigenvalue weighted by Gasteiger charge is 2.09. The number of ether oxygens (including phenoxy) is 1. The Bertz CT molecular complexity index is 774. The van der Waals surface area contributed by atoms with Crippen LogP contribution < -0.4 is 4.74 Å². The van der Waals surface area contributed by atoms with Crippen molar-refractivity contribution in [2.45, 2.75) is 52.1 Å². The topological polar surface area (TPSA) is 34.0 Å². The van der Waals surface area contributed by atoms with Crippen molar-refractivity contribution in [2.24, 2.45) is 10.2 Å². The third-order valence-electron chi connectivity index (χ3n) is 4.20. The molecule has 0 saturated carbocycles. The molecule has 0 aromatic heterocycles. The molecule has 0 N–H and O–H groups in total. The highest BCUT2D eigenvalue weighted by atomic mass is 19.3. The van der Waals surface area contributed by atoms with Crippen molar-refractivity contribution in [2.75, 3.05) is 0 Å². The number of hydrogen-bond acceptors (Lipinski definition) is 3. The lowest BCUT2D eigenvalue weighted by atomic mass is 10.0. The molecule has 0 heterocycles. The number of benzene rings is 2. The summed E-state index contributed by atoms with van der Waals surface area (Å²) in [5, 5.41) is 7.79. The standard InChI is InChI=1S/C22H25F3N2O/c1-2-3-4-5-6-7-17-8-10-18(11-9-17)15-26-27-16-19-12-13-21(20(23)14-19)28-22(24)25/h8-16,22H,2-7H2,1H3/b26-15+,27-16-. The van der Waals surface area contributed by atoms with Crippen LogP contribution >= 0.6 is 0 Å². The van der Waals surface area contributed by atoms with Gasteiger partial charge in [0.25, 0.3) is 0 Å². The highest BCUT2D eigenvalue weighted by molar-refractivity contribution is 5.82. The maximum atomic E-state index is 13.6. The smallest absolute Gasteiger partial charge is 0.387 e. The van der Waals surface area contributed by atoms with Crippen LogP contribution in [0.1, 0.15) is 55.7 Å². The van der Waals surface area contributed by atoms with Gasteiger partial charge in [-0.05, 0) is 47.7 Å². The molecule has 0 saturated heterocycles. The van der Waals surface area contributed by atoms with E-state index in [4.69, 9.17) is 0 Å². The summed E-state index contributed by atoms with van der Waals surface area (Å²) < 4.78 is 41.9. The van der Waals surface area contributed by atoms with Gasteiger partial charge in [0.2, 0.25) is 0 Å². The van der Waals surface area contributed by atoms with Gasteiger partial charge in [0.1, 0.15) is 0 Å². The maximum Gasteiger partial charge on any atom is 0.387 e. The summed E-state index contributed by atoms with van der Waals surface area (Å²) in [7, 11) is 0. The number of halogens is 3. The van der Waals surface area contributed by atoms with Crippen molar-refractivity contribution in [1.82, 2.24) is 0 Å². The second-order valence-electron chi connectivity index (χ2n) is 6.46. The normalized spacial score (nSPS) is 11.8. The lowest BCUT2D eigenvalue weighted by Crippen LogP contribution is -2.03. The van der Waals surface area contributed by atoms with Gasteiger partial charge in [-0.3, -0.25) is 0 Å². The first-order valence-corrected chi connectivity index (χ1v) is 9.48. The lowest BCUT2D eigenvalue weighted by molar-refractivity contribution is -0.0521. The summed E-state index contributed by atoms with van der Waals surface area (Å²) in [4.78, 5) is 0. The van der Waals surface area contributed by atoms with E-state index >= 15 is 0 Å². The molecule has 0 atom stereocenters. The van der Waals surface area contributed by atoms with E-state index < -0.39 is 18.2 Å². The summed E-state index contributed by atoms with van der Waals surface area (Å²) in [5.74, 6) is -1.38. The first-order chi connectivity index (χ1) is 13.6. The molecule has 0 unspecified atom stereocenters. The number of unbranched alkanes of at least 4 members (excludes halogenated alkanes) is 4. The molecular formula is C22H25F3N2O. The molecule has 0 amide bonds. The highest BCUT2D eigenvalue weighted by Crippen LogP contribution is 2.19. The Kier molecular flexibility index (Phi) is 9.25. The molecule has 3 nitrogen and oxygen atoms in total. The maximum absolute atomic E-state index is 13.6. The minimum atomic E-state index is -3.06. The third-order valence-corrected chi connectivity index (χ3v) is 4.20. The van der Waals surface area contributed by atoms with Crippen molar-refractivity contribution in [3.63, 3.8) is 0 Å². The Hall–Kier alpha value is -2.63. The van der Waals surface area contributed by atoms with Gasteiger partial charge < -0.3 is 4.74 Å². The number of hydrogen-bond donors (Lipinski definition) is 0. The molecule has 2 aromatic rings. The Morgan fingerprint density at radius 3 is 2.18 bits per heavy atom. The van der Waals surface area contributed by atoms with E-state index in [0.29, 0.717) is 5.56 Å². The third kappa shape index (κ3) is 7.94. The fourth-order valence-electron chi connectivity index (χ4n) is 2.69. The molecule has 2 rings (SSSR count). The van der Waals surface area contributed by atoms with Gasteiger partial charge >= 0.3 is 6.61 Å². The molecule has 0 aliphatic carbocycles. The Morgan fingerprint density at radius 1 is 0.893 bits per heavy atom. The van der Waals surface area contributed by atoms with Crippen LogP contribution in [0.15, 0.2) is 52.7 Å². The molecule has 0 spiro atoms. The Balaban J connectivity index is 1.82. The van der Waals surface area contributed by atoms with Gasteiger partial charge in [-0.2, -0.15) is 19.0 Å². The zero-order valence-corrected chi connectivity index (χ0v) is 16.0. The quantitative estimate of drug-likeness (QED) is 0.249. The van der Waals surface area contributed by atoms with Crippen molar-refractivity contribution < 1.29 is 17.9 Å². The largest absolute Gasteiger partial charge is 0.432 e. The van der Waals surface area contributed by atoms with E-state index in [1.165, 1.54) is 49.9 Å². The van der Waals surface area contributed by atoms with Crippen LogP contribution in [0.3, 0.4) is 0 Å². The van der Waals surface area contributed by atoms with E-state index in [1.54, 1.807) is 6.21 Å². The zero-order valence-electron chi connectivity index (χ0n) is 16.0. The van der Waals surface area contributed by atoms with Gasteiger partial charge in [0.05, 0.1) is 12.4 Å². The van der Waals surface area contributed by atoms with Crippen LogP contribution in [0.25, 0.3) is 0 Å². The summed E-state index contributed by atoms with van der Waals surface area (Å²) >= 11 is 0. The van der Waals surface area contributed by atoms with Crippen molar-refractivity contribution in [1.29, 1.82) is 0 Å². The van der Waals surface area contributed by atoms with Crippen molar-refractivity contribution in [3.8, 4) is 5.75 Å². The van der Waals surface area contributed by atoms with Crippen LogP contribution in [-0.2, 0) is 6.42 Å². The van der Waals surface area contributed by atoms with E-state index in [-0.39, 0.29) is 0 Å². The van der Waals surface area contributed by atoms with Crippen LogP contribution in [-0.4, -0.2) is 19.0 Å². The predicted molar refractivity (Wildman–Crippen MR) is 107 cm³/mol. The Labute approximate surface area is 164 Å². The zero-order chi connectivity index (χ0) is 20.2. The molecule has 0 aliphatic heterocycles. The first-order valence-electron chi connectivity index (χ1n) is 9.48. The summed E-state index contributed by atoms with van der Waals surface area (Å²) in [6.07, 6.45) is 10.3. The molecule has 0 radical (unpaired) electrons. The van der Waals surface area contributed by atoms with Gasteiger partial charge in [-0.1, -0.05) is 56.9 Å². The molecular weight excluding hydrogens is 365 g/mol. The van der Waals surface area contributed by atoms with Crippen LogP contribution in [0, 0.1) is 5.82 Å². The number of nitrogens with zero attached hydrogens (tertiary/aromatic N) is 2. The number of aryl methyl sites for hydroxylation is 1. The molecule has 150 valence electrons. The van der Waals surface area contributed by atoms with E-state index in [1.807, 2.05) is 12.1 Å². The van der Waals surface area contributed by atoms with Crippen molar-refractivity contribution >= 4 is 12.4 Å². The van der Waals surface area contributed by atoms with Gasteiger partial charge in [-0.15, -0.1) is 0 Å². The first kappa shape index (κ1) is 21.7. The van der Waals surface area contributed by atoms with Gasteiger partial charge in [-0.25, -0.2) is 4.39 Å². The molecule has 0 bridgehead atoms.